The fourth-order valence-electron chi connectivity index (χ4n) is 2.06. The molecule has 0 unspecified atom stereocenters. The second kappa shape index (κ2) is 9.16. The SMILES string of the molecule is CCOCCOc1cccc(CNCc2ccccc2)c1. The maximum Gasteiger partial charge on any atom is 0.119 e. The van der Waals surface area contributed by atoms with Crippen molar-refractivity contribution in [3.05, 3.63) is 65.7 Å². The lowest BCUT2D eigenvalue weighted by Crippen LogP contribution is -2.12. The molecule has 0 aromatic heterocycles. The van der Waals surface area contributed by atoms with Gasteiger partial charge in [-0.15, -0.1) is 0 Å². The van der Waals surface area contributed by atoms with Crippen LogP contribution in [0.5, 0.6) is 5.75 Å². The molecule has 3 nitrogen and oxygen atoms in total. The summed E-state index contributed by atoms with van der Waals surface area (Å²) < 4.78 is 10.9. The van der Waals surface area contributed by atoms with Crippen LogP contribution in [-0.2, 0) is 17.8 Å². The fourth-order valence-corrected chi connectivity index (χ4v) is 2.06. The monoisotopic (exact) mass is 285 g/mol. The van der Waals surface area contributed by atoms with Crippen molar-refractivity contribution in [3.63, 3.8) is 0 Å². The molecular formula is C18H23NO2. The Morgan fingerprint density at radius 2 is 1.62 bits per heavy atom. The molecule has 2 rings (SSSR count). The normalized spacial score (nSPS) is 10.5. The highest BCUT2D eigenvalue weighted by Crippen LogP contribution is 2.13. The molecule has 0 aliphatic rings. The van der Waals surface area contributed by atoms with Crippen LogP contribution >= 0.6 is 0 Å². The largest absolute Gasteiger partial charge is 0.491 e. The average molecular weight is 285 g/mol. The minimum Gasteiger partial charge on any atom is -0.491 e. The quantitative estimate of drug-likeness (QED) is 0.716. The number of rotatable bonds is 9. The summed E-state index contributed by atoms with van der Waals surface area (Å²) in [6, 6.07) is 18.6. The minimum absolute atomic E-state index is 0.592. The lowest BCUT2D eigenvalue weighted by Gasteiger charge is -2.09. The van der Waals surface area contributed by atoms with Crippen LogP contribution in [0.2, 0.25) is 0 Å². The van der Waals surface area contributed by atoms with Gasteiger partial charge in [-0.25, -0.2) is 0 Å². The first-order valence-electron chi connectivity index (χ1n) is 7.42. The van der Waals surface area contributed by atoms with Gasteiger partial charge < -0.3 is 14.8 Å². The van der Waals surface area contributed by atoms with Crippen molar-refractivity contribution in [1.29, 1.82) is 0 Å². The zero-order valence-electron chi connectivity index (χ0n) is 12.5. The highest BCUT2D eigenvalue weighted by atomic mass is 16.5. The van der Waals surface area contributed by atoms with E-state index in [1.165, 1.54) is 11.1 Å². The van der Waals surface area contributed by atoms with Crippen LogP contribution in [0.25, 0.3) is 0 Å². The van der Waals surface area contributed by atoms with Crippen molar-refractivity contribution in [1.82, 2.24) is 5.32 Å². The summed E-state index contributed by atoms with van der Waals surface area (Å²) in [5.74, 6) is 0.897. The van der Waals surface area contributed by atoms with E-state index in [9.17, 15) is 0 Å². The second-order valence-electron chi connectivity index (χ2n) is 4.78. The van der Waals surface area contributed by atoms with Crippen molar-refractivity contribution in [2.45, 2.75) is 20.0 Å². The van der Waals surface area contributed by atoms with Crippen molar-refractivity contribution in [2.24, 2.45) is 0 Å². The molecule has 2 aromatic rings. The molecule has 0 aliphatic heterocycles. The molecule has 0 saturated heterocycles. The zero-order valence-corrected chi connectivity index (χ0v) is 12.5. The summed E-state index contributed by atoms with van der Waals surface area (Å²) in [6.45, 7) is 5.64. The Kier molecular flexibility index (Phi) is 6.78. The molecule has 0 spiro atoms. The van der Waals surface area contributed by atoms with Crippen LogP contribution in [-0.4, -0.2) is 19.8 Å². The third-order valence-electron chi connectivity index (χ3n) is 3.10. The first-order chi connectivity index (χ1) is 10.4. The van der Waals surface area contributed by atoms with E-state index in [-0.39, 0.29) is 0 Å². The first kappa shape index (κ1) is 15.5. The van der Waals surface area contributed by atoms with Crippen LogP contribution in [0.4, 0.5) is 0 Å². The van der Waals surface area contributed by atoms with Crippen molar-refractivity contribution < 1.29 is 9.47 Å². The van der Waals surface area contributed by atoms with Crippen LogP contribution in [0.1, 0.15) is 18.1 Å². The van der Waals surface area contributed by atoms with Gasteiger partial charge in [-0.05, 0) is 30.2 Å². The van der Waals surface area contributed by atoms with Crippen LogP contribution in [0.3, 0.4) is 0 Å². The number of hydrogen-bond acceptors (Lipinski definition) is 3. The van der Waals surface area contributed by atoms with Gasteiger partial charge in [-0.3, -0.25) is 0 Å². The summed E-state index contributed by atoms with van der Waals surface area (Å²) in [5.41, 5.74) is 2.52. The van der Waals surface area contributed by atoms with Gasteiger partial charge in [-0.1, -0.05) is 42.5 Å². The average Bonchev–Trinajstić information content (AvgIpc) is 2.53. The fraction of sp³-hybridized carbons (Fsp3) is 0.333. The van der Waals surface area contributed by atoms with E-state index in [4.69, 9.17) is 9.47 Å². The Hall–Kier alpha value is -1.84. The van der Waals surface area contributed by atoms with Gasteiger partial charge in [0.2, 0.25) is 0 Å². The number of ether oxygens (including phenoxy) is 2. The maximum absolute atomic E-state index is 5.66. The van der Waals surface area contributed by atoms with E-state index >= 15 is 0 Å². The van der Waals surface area contributed by atoms with Crippen molar-refractivity contribution >= 4 is 0 Å². The molecule has 0 aliphatic carbocycles. The van der Waals surface area contributed by atoms with Gasteiger partial charge in [0.15, 0.2) is 0 Å². The van der Waals surface area contributed by atoms with E-state index in [1.54, 1.807) is 0 Å². The van der Waals surface area contributed by atoms with E-state index in [0.29, 0.717) is 13.2 Å². The summed E-state index contributed by atoms with van der Waals surface area (Å²) in [4.78, 5) is 0. The Morgan fingerprint density at radius 3 is 2.43 bits per heavy atom. The minimum atomic E-state index is 0.592. The van der Waals surface area contributed by atoms with Crippen LogP contribution < -0.4 is 10.1 Å². The van der Waals surface area contributed by atoms with E-state index < -0.39 is 0 Å². The first-order valence-corrected chi connectivity index (χ1v) is 7.42. The Bertz CT molecular complexity index is 514. The lowest BCUT2D eigenvalue weighted by molar-refractivity contribution is 0.110. The molecule has 0 atom stereocenters. The van der Waals surface area contributed by atoms with E-state index in [2.05, 4.69) is 41.7 Å². The smallest absolute Gasteiger partial charge is 0.119 e. The predicted octanol–water partition coefficient (Wildman–Crippen LogP) is 3.39. The van der Waals surface area contributed by atoms with Crippen LogP contribution in [0, 0.1) is 0 Å². The van der Waals surface area contributed by atoms with Crippen LogP contribution in [0.15, 0.2) is 54.6 Å². The topological polar surface area (TPSA) is 30.5 Å². The Morgan fingerprint density at radius 1 is 0.857 bits per heavy atom. The maximum atomic E-state index is 5.66. The molecule has 112 valence electrons. The standard InChI is InChI=1S/C18H23NO2/c1-2-20-11-12-21-18-10-6-9-17(13-18)15-19-14-16-7-4-3-5-8-16/h3-10,13,19H,2,11-12,14-15H2,1H3. The lowest BCUT2D eigenvalue weighted by atomic mass is 10.2. The highest BCUT2D eigenvalue weighted by molar-refractivity contribution is 5.28. The van der Waals surface area contributed by atoms with Gasteiger partial charge >= 0.3 is 0 Å². The molecule has 21 heavy (non-hydrogen) atoms. The van der Waals surface area contributed by atoms with E-state index in [0.717, 1.165) is 25.4 Å². The summed E-state index contributed by atoms with van der Waals surface area (Å²) in [7, 11) is 0. The Labute approximate surface area is 126 Å². The third kappa shape index (κ3) is 5.98. The summed E-state index contributed by atoms with van der Waals surface area (Å²) in [6.07, 6.45) is 0. The molecule has 0 saturated carbocycles. The Balaban J connectivity index is 1.75. The summed E-state index contributed by atoms with van der Waals surface area (Å²) in [5, 5.41) is 3.44. The molecule has 0 amide bonds. The second-order valence-corrected chi connectivity index (χ2v) is 4.78. The van der Waals surface area contributed by atoms with Gasteiger partial charge in [0, 0.05) is 19.7 Å². The van der Waals surface area contributed by atoms with Crippen molar-refractivity contribution in [2.75, 3.05) is 19.8 Å². The van der Waals surface area contributed by atoms with E-state index in [1.807, 2.05) is 25.1 Å². The molecule has 0 fully saturated rings. The molecule has 2 aromatic carbocycles. The zero-order chi connectivity index (χ0) is 14.8. The van der Waals surface area contributed by atoms with Gasteiger partial charge in [0.1, 0.15) is 12.4 Å². The highest BCUT2D eigenvalue weighted by Gasteiger charge is 1.98. The summed E-state index contributed by atoms with van der Waals surface area (Å²) >= 11 is 0. The molecular weight excluding hydrogens is 262 g/mol. The molecule has 0 bridgehead atoms. The number of hydrogen-bond donors (Lipinski definition) is 1. The number of benzene rings is 2. The third-order valence-corrected chi connectivity index (χ3v) is 3.10. The number of nitrogens with one attached hydrogen (secondary N) is 1. The van der Waals surface area contributed by atoms with Crippen molar-refractivity contribution in [3.8, 4) is 5.75 Å². The molecule has 1 N–H and O–H groups in total. The van der Waals surface area contributed by atoms with Gasteiger partial charge in [-0.2, -0.15) is 0 Å². The van der Waals surface area contributed by atoms with Gasteiger partial charge in [0.25, 0.3) is 0 Å². The predicted molar refractivity (Wildman–Crippen MR) is 85.4 cm³/mol. The molecule has 0 heterocycles. The molecule has 3 heteroatoms. The van der Waals surface area contributed by atoms with Gasteiger partial charge in [0.05, 0.1) is 6.61 Å². The molecule has 0 radical (unpaired) electrons.